The fourth-order valence-electron chi connectivity index (χ4n) is 5.63. The molecule has 2 aromatic carbocycles. The predicted octanol–water partition coefficient (Wildman–Crippen LogP) is 2.54. The largest absolute Gasteiger partial charge is 0.384 e. The minimum Gasteiger partial charge on any atom is -0.384 e. The standard InChI is InChI=1S/C29H27F2N5O5S/c30-29(31)21-4-2-1-3-19(21)20-10-16(5-6-22(20)29)26(38)35-13-24(37)36-15-28(40-7-8-41-28)11-23(36)27(39)34-12-18-9-17(14-42-18)25(32)33/h1-6,9-10,14,23H,7-8,11-13,15H2,(H3,32,33)(H,34,39)(H,35,38)/t23-/m0/s1. The zero-order chi connectivity index (χ0) is 29.6. The van der Waals surface area contributed by atoms with Gasteiger partial charge in [-0.3, -0.25) is 19.8 Å². The van der Waals surface area contributed by atoms with Crippen LogP contribution < -0.4 is 16.4 Å². The van der Waals surface area contributed by atoms with Crippen molar-refractivity contribution in [3.63, 3.8) is 0 Å². The van der Waals surface area contributed by atoms with Gasteiger partial charge in [-0.05, 0) is 29.3 Å². The molecule has 5 N–H and O–H groups in total. The smallest absolute Gasteiger partial charge is 0.299 e. The van der Waals surface area contributed by atoms with Crippen LogP contribution in [0, 0.1) is 5.41 Å². The molecule has 2 saturated heterocycles. The van der Waals surface area contributed by atoms with Crippen molar-refractivity contribution in [1.82, 2.24) is 15.5 Å². The minimum atomic E-state index is -3.16. The normalized spacial score (nSPS) is 19.4. The first kappa shape index (κ1) is 27.9. The molecule has 0 unspecified atom stereocenters. The van der Waals surface area contributed by atoms with Crippen molar-refractivity contribution in [3.8, 4) is 11.1 Å². The van der Waals surface area contributed by atoms with Crippen LogP contribution in [-0.4, -0.2) is 66.6 Å². The molecule has 3 heterocycles. The number of carbonyl (C=O) groups is 3. The topological polar surface area (TPSA) is 147 Å². The number of thiophene rings is 1. The SMILES string of the molecule is N=C(N)c1csc(CNC(=O)[C@@H]2CC3(CN2C(=O)CNC(=O)c2ccc4c(c2)-c2ccccc2C4(F)F)OCCO3)c1. The first-order valence-electron chi connectivity index (χ1n) is 13.3. The van der Waals surface area contributed by atoms with E-state index in [2.05, 4.69) is 10.6 Å². The van der Waals surface area contributed by atoms with E-state index >= 15 is 0 Å². The Kier molecular flexibility index (Phi) is 7.03. The van der Waals surface area contributed by atoms with Crippen LogP contribution in [0.1, 0.15) is 38.3 Å². The van der Waals surface area contributed by atoms with E-state index in [4.69, 9.17) is 20.6 Å². The van der Waals surface area contributed by atoms with Gasteiger partial charge in [0.15, 0.2) is 5.79 Å². The van der Waals surface area contributed by atoms with E-state index in [1.54, 1.807) is 29.6 Å². The lowest BCUT2D eigenvalue weighted by Crippen LogP contribution is -2.49. The van der Waals surface area contributed by atoms with Crippen LogP contribution >= 0.6 is 11.3 Å². The van der Waals surface area contributed by atoms with Crippen molar-refractivity contribution in [2.45, 2.75) is 30.7 Å². The van der Waals surface area contributed by atoms with E-state index in [-0.39, 0.29) is 47.6 Å². The molecular formula is C29H27F2N5O5S. The average molecular weight is 596 g/mol. The van der Waals surface area contributed by atoms with Crippen LogP contribution in [0.5, 0.6) is 0 Å². The van der Waals surface area contributed by atoms with Gasteiger partial charge in [-0.15, -0.1) is 11.3 Å². The van der Waals surface area contributed by atoms with Crippen molar-refractivity contribution in [3.05, 3.63) is 81.0 Å². The minimum absolute atomic E-state index is 0.0119. The molecule has 3 aliphatic rings. The maximum atomic E-state index is 14.9. The number of amides is 3. The Morgan fingerprint density at radius 2 is 1.76 bits per heavy atom. The molecule has 6 rings (SSSR count). The van der Waals surface area contributed by atoms with Gasteiger partial charge < -0.3 is 30.7 Å². The van der Waals surface area contributed by atoms with Crippen molar-refractivity contribution in [2.75, 3.05) is 26.3 Å². The third kappa shape index (κ3) is 4.93. The number of benzene rings is 2. The molecule has 2 aliphatic heterocycles. The summed E-state index contributed by atoms with van der Waals surface area (Å²) in [6.07, 6.45) is 0.125. The zero-order valence-electron chi connectivity index (χ0n) is 22.2. The van der Waals surface area contributed by atoms with Crippen molar-refractivity contribution >= 4 is 34.9 Å². The number of fused-ring (bicyclic) bond motifs is 3. The maximum absolute atomic E-state index is 14.9. The van der Waals surface area contributed by atoms with Crippen molar-refractivity contribution < 1.29 is 32.6 Å². The molecule has 42 heavy (non-hydrogen) atoms. The van der Waals surface area contributed by atoms with Gasteiger partial charge in [-0.25, -0.2) is 0 Å². The molecule has 10 nitrogen and oxygen atoms in total. The van der Waals surface area contributed by atoms with E-state index in [1.165, 1.54) is 40.5 Å². The lowest BCUT2D eigenvalue weighted by molar-refractivity contribution is -0.152. The highest BCUT2D eigenvalue weighted by molar-refractivity contribution is 7.10. The van der Waals surface area contributed by atoms with Gasteiger partial charge in [0.2, 0.25) is 11.8 Å². The second-order valence-electron chi connectivity index (χ2n) is 10.3. The predicted molar refractivity (Wildman–Crippen MR) is 149 cm³/mol. The number of likely N-dealkylation sites (tertiary alicyclic amines) is 1. The molecule has 218 valence electrons. The molecule has 2 fully saturated rings. The van der Waals surface area contributed by atoms with E-state index in [1.807, 2.05) is 0 Å². The summed E-state index contributed by atoms with van der Waals surface area (Å²) in [4.78, 5) is 41.6. The van der Waals surface area contributed by atoms with Crippen molar-refractivity contribution in [2.24, 2.45) is 5.73 Å². The summed E-state index contributed by atoms with van der Waals surface area (Å²) >= 11 is 1.35. The molecule has 3 amide bonds. The Morgan fingerprint density at radius 3 is 2.50 bits per heavy atom. The molecule has 0 saturated carbocycles. The summed E-state index contributed by atoms with van der Waals surface area (Å²) in [7, 11) is 0. The Labute approximate surface area is 243 Å². The fraction of sp³-hybridized carbons (Fsp3) is 0.310. The highest BCUT2D eigenvalue weighted by Gasteiger charge is 2.52. The molecule has 1 atom stereocenters. The number of hydrogen-bond acceptors (Lipinski definition) is 7. The summed E-state index contributed by atoms with van der Waals surface area (Å²) < 4.78 is 41.3. The van der Waals surface area contributed by atoms with Crippen LogP contribution in [-0.2, 0) is 31.5 Å². The van der Waals surface area contributed by atoms with Gasteiger partial charge in [0.05, 0.1) is 32.8 Å². The average Bonchev–Trinajstić information content (AvgIpc) is 3.77. The lowest BCUT2D eigenvalue weighted by atomic mass is 10.0. The molecule has 1 spiro atoms. The van der Waals surface area contributed by atoms with Gasteiger partial charge in [-0.1, -0.05) is 30.3 Å². The van der Waals surface area contributed by atoms with Crippen LogP contribution in [0.25, 0.3) is 11.1 Å². The number of amidine groups is 1. The Hall–Kier alpha value is -4.20. The Balaban J connectivity index is 1.13. The Morgan fingerprint density at radius 1 is 1.02 bits per heavy atom. The highest BCUT2D eigenvalue weighted by atomic mass is 32.1. The molecule has 3 aromatic rings. The lowest BCUT2D eigenvalue weighted by Gasteiger charge is -2.24. The third-order valence-corrected chi connectivity index (χ3v) is 8.64. The first-order chi connectivity index (χ1) is 20.1. The van der Waals surface area contributed by atoms with Crippen LogP contribution in [0.3, 0.4) is 0 Å². The molecule has 0 bridgehead atoms. The van der Waals surface area contributed by atoms with Gasteiger partial charge in [0.25, 0.3) is 11.8 Å². The number of nitrogens with zero attached hydrogens (tertiary/aromatic N) is 1. The monoisotopic (exact) mass is 595 g/mol. The molecule has 13 heteroatoms. The van der Waals surface area contributed by atoms with Crippen LogP contribution in [0.2, 0.25) is 0 Å². The third-order valence-electron chi connectivity index (χ3n) is 7.71. The van der Waals surface area contributed by atoms with E-state index in [0.717, 1.165) is 4.88 Å². The molecule has 1 aliphatic carbocycles. The van der Waals surface area contributed by atoms with Crippen LogP contribution in [0.15, 0.2) is 53.9 Å². The number of nitrogens with one attached hydrogen (secondary N) is 3. The molecule has 0 radical (unpaired) electrons. The number of alkyl halides is 2. The van der Waals surface area contributed by atoms with E-state index in [9.17, 15) is 23.2 Å². The maximum Gasteiger partial charge on any atom is 0.299 e. The summed E-state index contributed by atoms with van der Waals surface area (Å²) in [5.74, 6) is -5.89. The van der Waals surface area contributed by atoms with Crippen molar-refractivity contribution in [1.29, 1.82) is 5.41 Å². The second kappa shape index (κ2) is 10.6. The number of hydrogen-bond donors (Lipinski definition) is 4. The zero-order valence-corrected chi connectivity index (χ0v) is 23.1. The summed E-state index contributed by atoms with van der Waals surface area (Å²) in [6.45, 7) is 0.432. The molecule has 1 aromatic heterocycles. The number of carbonyl (C=O) groups excluding carboxylic acids is 3. The number of nitrogen functional groups attached to an aromatic ring is 1. The van der Waals surface area contributed by atoms with Gasteiger partial charge in [0, 0.05) is 38.9 Å². The summed E-state index contributed by atoms with van der Waals surface area (Å²) in [5.41, 5.74) is 6.53. The van der Waals surface area contributed by atoms with E-state index < -0.39 is 42.0 Å². The van der Waals surface area contributed by atoms with Gasteiger partial charge in [-0.2, -0.15) is 8.78 Å². The second-order valence-corrected chi connectivity index (χ2v) is 11.3. The summed E-state index contributed by atoms with van der Waals surface area (Å²) in [5, 5.41) is 14.6. The molecular weight excluding hydrogens is 568 g/mol. The summed E-state index contributed by atoms with van der Waals surface area (Å²) in [6, 6.07) is 10.9. The number of rotatable bonds is 7. The Bertz CT molecular complexity index is 1600. The first-order valence-corrected chi connectivity index (χ1v) is 14.1. The van der Waals surface area contributed by atoms with Crippen LogP contribution in [0.4, 0.5) is 8.78 Å². The quantitative estimate of drug-likeness (QED) is 0.244. The number of nitrogens with two attached hydrogens (primary N) is 1. The number of ether oxygens (including phenoxy) is 2. The number of halogens is 2. The van der Waals surface area contributed by atoms with Gasteiger partial charge in [0.1, 0.15) is 11.9 Å². The van der Waals surface area contributed by atoms with E-state index in [0.29, 0.717) is 24.3 Å². The van der Waals surface area contributed by atoms with Gasteiger partial charge >= 0.3 is 0 Å². The highest BCUT2D eigenvalue weighted by Crippen LogP contribution is 2.50. The fourth-order valence-corrected chi connectivity index (χ4v) is 6.45.